The Labute approximate surface area is 131 Å². The van der Waals surface area contributed by atoms with Gasteiger partial charge in [0.05, 0.1) is 9.48 Å². The maximum atomic E-state index is 14.3. The highest BCUT2D eigenvalue weighted by atomic mass is 79.9. The molecule has 0 bridgehead atoms. The Kier molecular flexibility index (Phi) is 5.69. The summed E-state index contributed by atoms with van der Waals surface area (Å²) in [6.45, 7) is 4.95. The van der Waals surface area contributed by atoms with Gasteiger partial charge < -0.3 is 5.32 Å². The predicted molar refractivity (Wildman–Crippen MR) is 85.7 cm³/mol. The third-order valence-corrected chi connectivity index (χ3v) is 4.64. The predicted octanol–water partition coefficient (Wildman–Crippen LogP) is 4.64. The van der Waals surface area contributed by atoms with E-state index in [1.54, 1.807) is 17.4 Å². The molecular weight excluding hydrogens is 339 g/mol. The minimum absolute atomic E-state index is 0.0435. The molecule has 0 aliphatic rings. The molecule has 0 saturated carbocycles. The third kappa shape index (κ3) is 3.87. The maximum Gasteiger partial charge on any atom is 0.142 e. The molecule has 108 valence electrons. The largest absolute Gasteiger partial charge is 0.309 e. The molecule has 2 nitrogen and oxygen atoms in total. The van der Waals surface area contributed by atoms with Gasteiger partial charge in [-0.1, -0.05) is 19.1 Å². The van der Waals surface area contributed by atoms with E-state index in [0.29, 0.717) is 16.5 Å². The van der Waals surface area contributed by atoms with Gasteiger partial charge in [0.15, 0.2) is 0 Å². The number of nitrogens with zero attached hydrogens (tertiary/aromatic N) is 1. The van der Waals surface area contributed by atoms with Crippen molar-refractivity contribution in [2.75, 3.05) is 6.54 Å². The van der Waals surface area contributed by atoms with Crippen LogP contribution in [0, 0.1) is 12.7 Å². The van der Waals surface area contributed by atoms with Crippen molar-refractivity contribution < 1.29 is 4.39 Å². The molecule has 5 heteroatoms. The van der Waals surface area contributed by atoms with E-state index in [1.807, 2.05) is 24.4 Å². The molecular formula is C15H18BrFN2S. The van der Waals surface area contributed by atoms with E-state index in [0.717, 1.165) is 23.7 Å². The summed E-state index contributed by atoms with van der Waals surface area (Å²) in [5.41, 5.74) is 1.72. The molecule has 1 unspecified atom stereocenters. The van der Waals surface area contributed by atoms with E-state index in [4.69, 9.17) is 0 Å². The summed E-state index contributed by atoms with van der Waals surface area (Å²) in [5, 5.41) is 6.49. The summed E-state index contributed by atoms with van der Waals surface area (Å²) in [4.78, 5) is 4.48. The number of nitrogens with one attached hydrogen (secondary N) is 1. The second kappa shape index (κ2) is 7.29. The number of hydrogen-bond donors (Lipinski definition) is 1. The highest BCUT2D eigenvalue weighted by Gasteiger charge is 2.18. The molecule has 0 amide bonds. The van der Waals surface area contributed by atoms with Crippen molar-refractivity contribution >= 4 is 27.3 Å². The normalized spacial score (nSPS) is 12.6. The van der Waals surface area contributed by atoms with Gasteiger partial charge in [0.25, 0.3) is 0 Å². The fourth-order valence-electron chi connectivity index (χ4n) is 2.07. The molecule has 20 heavy (non-hydrogen) atoms. The fraction of sp³-hybridized carbons (Fsp3) is 0.400. The van der Waals surface area contributed by atoms with Crippen LogP contribution >= 0.6 is 27.3 Å². The Morgan fingerprint density at radius 3 is 2.90 bits per heavy atom. The number of thiazole rings is 1. The fourth-order valence-corrected chi connectivity index (χ4v) is 3.27. The Balaban J connectivity index is 2.24. The van der Waals surface area contributed by atoms with Crippen LogP contribution in [0.15, 0.2) is 28.1 Å². The molecule has 1 atom stereocenters. The number of hydrogen-bond acceptors (Lipinski definition) is 3. The van der Waals surface area contributed by atoms with Gasteiger partial charge in [-0.05, 0) is 41.9 Å². The van der Waals surface area contributed by atoms with Gasteiger partial charge >= 0.3 is 0 Å². The lowest BCUT2D eigenvalue weighted by atomic mass is 10.0. The first-order valence-corrected chi connectivity index (χ1v) is 8.37. The summed E-state index contributed by atoms with van der Waals surface area (Å²) < 4.78 is 14.8. The van der Waals surface area contributed by atoms with Gasteiger partial charge in [0.1, 0.15) is 5.82 Å². The highest BCUT2D eigenvalue weighted by molar-refractivity contribution is 9.10. The average molecular weight is 357 g/mol. The number of rotatable bonds is 6. The van der Waals surface area contributed by atoms with Crippen molar-refractivity contribution in [1.82, 2.24) is 10.3 Å². The van der Waals surface area contributed by atoms with E-state index in [1.165, 1.54) is 0 Å². The number of benzene rings is 1. The molecule has 0 radical (unpaired) electrons. The van der Waals surface area contributed by atoms with Gasteiger partial charge in [0.2, 0.25) is 0 Å². The van der Waals surface area contributed by atoms with Crippen molar-refractivity contribution in [3.05, 3.63) is 50.1 Å². The first-order chi connectivity index (χ1) is 9.61. The van der Waals surface area contributed by atoms with Gasteiger partial charge in [0, 0.05) is 29.1 Å². The summed E-state index contributed by atoms with van der Waals surface area (Å²) in [7, 11) is 0. The van der Waals surface area contributed by atoms with Crippen LogP contribution in [0.2, 0.25) is 0 Å². The van der Waals surface area contributed by atoms with Gasteiger partial charge in [-0.25, -0.2) is 9.37 Å². The van der Waals surface area contributed by atoms with Gasteiger partial charge in [-0.15, -0.1) is 11.3 Å². The topological polar surface area (TPSA) is 24.9 Å². The van der Waals surface area contributed by atoms with E-state index < -0.39 is 0 Å². The van der Waals surface area contributed by atoms with Crippen LogP contribution in [0.3, 0.4) is 0 Å². The van der Waals surface area contributed by atoms with Crippen molar-refractivity contribution in [2.45, 2.75) is 32.7 Å². The van der Waals surface area contributed by atoms with Crippen LogP contribution in [0.5, 0.6) is 0 Å². The summed E-state index contributed by atoms with van der Waals surface area (Å²) in [6, 6.07) is 5.39. The van der Waals surface area contributed by atoms with Crippen LogP contribution in [0.25, 0.3) is 0 Å². The summed E-state index contributed by atoms with van der Waals surface area (Å²) >= 11 is 4.89. The smallest absolute Gasteiger partial charge is 0.142 e. The third-order valence-electron chi connectivity index (χ3n) is 3.04. The zero-order chi connectivity index (χ0) is 14.5. The zero-order valence-corrected chi connectivity index (χ0v) is 14.0. The second-order valence-electron chi connectivity index (χ2n) is 4.74. The molecule has 0 saturated heterocycles. The SMILES string of the molecule is CCCNC(Cc1nc(C)cs1)c1cccc(Br)c1F. The zero-order valence-electron chi connectivity index (χ0n) is 11.6. The number of aryl methyl sites for hydroxylation is 1. The van der Waals surface area contributed by atoms with Gasteiger partial charge in [-0.2, -0.15) is 0 Å². The quantitative estimate of drug-likeness (QED) is 0.815. The first kappa shape index (κ1) is 15.6. The molecule has 0 aliphatic heterocycles. The molecule has 0 aliphatic carbocycles. The van der Waals surface area contributed by atoms with Crippen LogP contribution in [0.1, 0.15) is 35.7 Å². The van der Waals surface area contributed by atoms with Crippen molar-refractivity contribution in [1.29, 1.82) is 0 Å². The molecule has 1 aromatic heterocycles. The molecule has 0 fully saturated rings. The summed E-state index contributed by atoms with van der Waals surface area (Å²) in [6.07, 6.45) is 1.73. The minimum Gasteiger partial charge on any atom is -0.309 e. The van der Waals surface area contributed by atoms with Crippen molar-refractivity contribution in [3.8, 4) is 0 Å². The monoisotopic (exact) mass is 356 g/mol. The van der Waals surface area contributed by atoms with Crippen LogP contribution < -0.4 is 5.32 Å². The van der Waals surface area contributed by atoms with Crippen LogP contribution in [0.4, 0.5) is 4.39 Å². The summed E-state index contributed by atoms with van der Waals surface area (Å²) in [5.74, 6) is -0.186. The van der Waals surface area contributed by atoms with E-state index in [-0.39, 0.29) is 11.9 Å². The lowest BCUT2D eigenvalue weighted by molar-refractivity contribution is 0.494. The Morgan fingerprint density at radius 2 is 2.25 bits per heavy atom. The van der Waals surface area contributed by atoms with Crippen LogP contribution in [-0.2, 0) is 6.42 Å². The highest BCUT2D eigenvalue weighted by Crippen LogP contribution is 2.27. The number of halogens is 2. The van der Waals surface area contributed by atoms with Crippen molar-refractivity contribution in [2.24, 2.45) is 0 Å². The van der Waals surface area contributed by atoms with Crippen molar-refractivity contribution in [3.63, 3.8) is 0 Å². The maximum absolute atomic E-state index is 14.3. The first-order valence-electron chi connectivity index (χ1n) is 6.70. The van der Waals surface area contributed by atoms with E-state index in [9.17, 15) is 4.39 Å². The Hall–Kier alpha value is -0.780. The van der Waals surface area contributed by atoms with Gasteiger partial charge in [-0.3, -0.25) is 0 Å². The molecule has 0 spiro atoms. The minimum atomic E-state index is -0.186. The van der Waals surface area contributed by atoms with Crippen LogP contribution in [-0.4, -0.2) is 11.5 Å². The molecule has 2 rings (SSSR count). The molecule has 1 N–H and O–H groups in total. The standard InChI is InChI=1S/C15H18BrFN2S/c1-3-7-18-13(8-14-19-10(2)9-20-14)11-5-4-6-12(16)15(11)17/h4-6,9,13,18H,3,7-8H2,1-2H3. The molecule has 1 heterocycles. The Bertz CT molecular complexity index is 571. The Morgan fingerprint density at radius 1 is 1.45 bits per heavy atom. The molecule has 1 aromatic carbocycles. The second-order valence-corrected chi connectivity index (χ2v) is 6.53. The lowest BCUT2D eigenvalue weighted by Gasteiger charge is -2.19. The number of aromatic nitrogens is 1. The lowest BCUT2D eigenvalue weighted by Crippen LogP contribution is -2.25. The molecule has 2 aromatic rings. The van der Waals surface area contributed by atoms with E-state index >= 15 is 0 Å². The van der Waals surface area contributed by atoms with E-state index in [2.05, 4.69) is 33.2 Å². The average Bonchev–Trinajstić information content (AvgIpc) is 2.83.